The molecule has 0 radical (unpaired) electrons. The van der Waals surface area contributed by atoms with Crippen LogP contribution in [0.5, 0.6) is 0 Å². The van der Waals surface area contributed by atoms with Crippen LogP contribution >= 0.6 is 15.9 Å². The summed E-state index contributed by atoms with van der Waals surface area (Å²) in [6.07, 6.45) is -0.654. The standard InChI is InChI=1S/C18H22BrF2NO4/c1-18(2,3)26-17(24)22-6-7-25-12(10-22)4-5-15(23)16-13(20)8-11(19)9-14(16)21/h8-9,12H,4-7,10H2,1-3H3/t12-/m0/s1. The zero-order valence-electron chi connectivity index (χ0n) is 15.0. The van der Waals surface area contributed by atoms with E-state index in [-0.39, 0.29) is 30.0 Å². The predicted octanol–water partition coefficient (Wildman–Crippen LogP) is 4.33. The Morgan fingerprint density at radius 3 is 2.50 bits per heavy atom. The van der Waals surface area contributed by atoms with Crippen LogP contribution in [0.15, 0.2) is 16.6 Å². The van der Waals surface area contributed by atoms with E-state index < -0.39 is 34.7 Å². The number of rotatable bonds is 4. The van der Waals surface area contributed by atoms with Crippen molar-refractivity contribution in [2.24, 2.45) is 0 Å². The molecule has 0 spiro atoms. The first-order chi connectivity index (χ1) is 12.1. The van der Waals surface area contributed by atoms with Crippen molar-refractivity contribution in [1.29, 1.82) is 0 Å². The maximum atomic E-state index is 13.9. The molecule has 5 nitrogen and oxygen atoms in total. The lowest BCUT2D eigenvalue weighted by Crippen LogP contribution is -2.47. The van der Waals surface area contributed by atoms with Gasteiger partial charge in [-0.25, -0.2) is 13.6 Å². The Morgan fingerprint density at radius 2 is 1.92 bits per heavy atom. The molecule has 1 aliphatic rings. The van der Waals surface area contributed by atoms with Crippen molar-refractivity contribution in [3.63, 3.8) is 0 Å². The summed E-state index contributed by atoms with van der Waals surface area (Å²) in [5.41, 5.74) is -1.15. The van der Waals surface area contributed by atoms with Crippen molar-refractivity contribution in [2.45, 2.75) is 45.3 Å². The van der Waals surface area contributed by atoms with Crippen LogP contribution in [0, 0.1) is 11.6 Å². The molecule has 0 bridgehead atoms. The average Bonchev–Trinajstić information content (AvgIpc) is 2.50. The van der Waals surface area contributed by atoms with Crippen LogP contribution in [0.4, 0.5) is 13.6 Å². The maximum absolute atomic E-state index is 13.9. The third-order valence-electron chi connectivity index (χ3n) is 3.77. The summed E-state index contributed by atoms with van der Waals surface area (Å²) < 4.78 is 38.8. The van der Waals surface area contributed by atoms with Gasteiger partial charge in [0, 0.05) is 17.4 Å². The van der Waals surface area contributed by atoms with Crippen molar-refractivity contribution in [3.8, 4) is 0 Å². The summed E-state index contributed by atoms with van der Waals surface area (Å²) in [6, 6.07) is 2.11. The number of hydrogen-bond acceptors (Lipinski definition) is 4. The van der Waals surface area contributed by atoms with E-state index >= 15 is 0 Å². The van der Waals surface area contributed by atoms with Crippen LogP contribution in [0.1, 0.15) is 44.0 Å². The van der Waals surface area contributed by atoms with E-state index in [4.69, 9.17) is 9.47 Å². The molecule has 0 N–H and O–H groups in total. The molecule has 0 aliphatic carbocycles. The zero-order chi connectivity index (χ0) is 19.5. The lowest BCUT2D eigenvalue weighted by Gasteiger charge is -2.34. The topological polar surface area (TPSA) is 55.8 Å². The summed E-state index contributed by atoms with van der Waals surface area (Å²) >= 11 is 2.98. The number of ether oxygens (including phenoxy) is 2. The normalized spacial score (nSPS) is 17.9. The number of carbonyl (C=O) groups is 2. The number of amides is 1. The molecule has 2 rings (SSSR count). The Morgan fingerprint density at radius 1 is 1.31 bits per heavy atom. The molecule has 1 atom stereocenters. The van der Waals surface area contributed by atoms with Gasteiger partial charge >= 0.3 is 6.09 Å². The molecule has 1 aromatic rings. The van der Waals surface area contributed by atoms with Crippen LogP contribution in [0.25, 0.3) is 0 Å². The second kappa shape index (κ2) is 8.43. The molecule has 1 fully saturated rings. The van der Waals surface area contributed by atoms with Crippen molar-refractivity contribution < 1.29 is 27.8 Å². The highest BCUT2D eigenvalue weighted by atomic mass is 79.9. The van der Waals surface area contributed by atoms with Crippen LogP contribution in [0.3, 0.4) is 0 Å². The zero-order valence-corrected chi connectivity index (χ0v) is 16.6. The minimum atomic E-state index is -0.901. The highest BCUT2D eigenvalue weighted by Crippen LogP contribution is 2.22. The lowest BCUT2D eigenvalue weighted by molar-refractivity contribution is -0.0443. The first-order valence-corrected chi connectivity index (χ1v) is 9.13. The van der Waals surface area contributed by atoms with Crippen LogP contribution in [0.2, 0.25) is 0 Å². The van der Waals surface area contributed by atoms with Crippen molar-refractivity contribution in [1.82, 2.24) is 4.90 Å². The fourth-order valence-corrected chi connectivity index (χ4v) is 3.01. The number of Topliss-reactive ketones (excluding diaryl/α,β-unsaturated/α-hetero) is 1. The lowest BCUT2D eigenvalue weighted by atomic mass is 10.0. The van der Waals surface area contributed by atoms with Gasteiger partial charge < -0.3 is 14.4 Å². The van der Waals surface area contributed by atoms with Gasteiger partial charge in [-0.1, -0.05) is 15.9 Å². The molecule has 1 aliphatic heterocycles. The summed E-state index contributed by atoms with van der Waals surface area (Å²) in [5.74, 6) is -2.44. The summed E-state index contributed by atoms with van der Waals surface area (Å²) in [7, 11) is 0. The minimum Gasteiger partial charge on any atom is -0.444 e. The van der Waals surface area contributed by atoms with Gasteiger partial charge in [-0.05, 0) is 39.3 Å². The number of morpholine rings is 1. The smallest absolute Gasteiger partial charge is 0.410 e. The monoisotopic (exact) mass is 433 g/mol. The molecule has 1 amide bonds. The van der Waals surface area contributed by atoms with E-state index in [1.54, 1.807) is 20.8 Å². The third-order valence-corrected chi connectivity index (χ3v) is 4.23. The van der Waals surface area contributed by atoms with Gasteiger partial charge in [-0.2, -0.15) is 0 Å². The summed E-state index contributed by atoms with van der Waals surface area (Å²) in [4.78, 5) is 25.8. The quantitative estimate of drug-likeness (QED) is 0.663. The van der Waals surface area contributed by atoms with Gasteiger partial charge in [0.05, 0.1) is 24.8 Å². The number of hydrogen-bond donors (Lipinski definition) is 0. The maximum Gasteiger partial charge on any atom is 0.410 e. The fourth-order valence-electron chi connectivity index (χ4n) is 2.61. The van der Waals surface area contributed by atoms with E-state index in [9.17, 15) is 18.4 Å². The number of carbonyl (C=O) groups excluding carboxylic acids is 2. The van der Waals surface area contributed by atoms with Crippen LogP contribution < -0.4 is 0 Å². The van der Waals surface area contributed by atoms with Gasteiger partial charge in [0.25, 0.3) is 0 Å². The average molecular weight is 434 g/mol. The molecule has 0 aromatic heterocycles. The fraction of sp³-hybridized carbons (Fsp3) is 0.556. The van der Waals surface area contributed by atoms with E-state index in [2.05, 4.69) is 15.9 Å². The molecule has 8 heteroatoms. The summed E-state index contributed by atoms with van der Waals surface area (Å²) in [5, 5.41) is 0. The Balaban J connectivity index is 1.93. The van der Waals surface area contributed by atoms with E-state index in [1.165, 1.54) is 4.90 Å². The van der Waals surface area contributed by atoms with Crippen LogP contribution in [-0.4, -0.2) is 48.2 Å². The highest BCUT2D eigenvalue weighted by molar-refractivity contribution is 9.10. The molecule has 144 valence electrons. The Bertz CT molecular complexity index is 667. The van der Waals surface area contributed by atoms with Gasteiger partial charge in [0.1, 0.15) is 17.2 Å². The second-order valence-corrected chi connectivity index (χ2v) is 8.04. The van der Waals surface area contributed by atoms with Gasteiger partial charge in [0.2, 0.25) is 0 Å². The van der Waals surface area contributed by atoms with Crippen molar-refractivity contribution >= 4 is 27.8 Å². The Hall–Kier alpha value is -1.54. The van der Waals surface area contributed by atoms with Crippen molar-refractivity contribution in [3.05, 3.63) is 33.8 Å². The van der Waals surface area contributed by atoms with E-state index in [0.717, 1.165) is 12.1 Å². The molecule has 0 saturated carbocycles. The molecule has 1 saturated heterocycles. The molecular weight excluding hydrogens is 412 g/mol. The summed E-state index contributed by atoms with van der Waals surface area (Å²) in [6.45, 7) is 6.33. The molecule has 0 unspecified atom stereocenters. The molecule has 26 heavy (non-hydrogen) atoms. The van der Waals surface area contributed by atoms with E-state index in [1.807, 2.05) is 0 Å². The van der Waals surface area contributed by atoms with E-state index in [0.29, 0.717) is 13.2 Å². The second-order valence-electron chi connectivity index (χ2n) is 7.13. The molecular formula is C18H22BrF2NO4. The number of nitrogens with zero attached hydrogens (tertiary/aromatic N) is 1. The number of halogens is 3. The first kappa shape index (κ1) is 20.8. The predicted molar refractivity (Wildman–Crippen MR) is 95.2 cm³/mol. The van der Waals surface area contributed by atoms with Gasteiger partial charge in [-0.15, -0.1) is 0 Å². The van der Waals surface area contributed by atoms with Crippen molar-refractivity contribution in [2.75, 3.05) is 19.7 Å². The van der Waals surface area contributed by atoms with Gasteiger partial charge in [-0.3, -0.25) is 4.79 Å². The largest absolute Gasteiger partial charge is 0.444 e. The Labute approximate surface area is 159 Å². The SMILES string of the molecule is CC(C)(C)OC(=O)N1CCO[C@@H](CCC(=O)c2c(F)cc(Br)cc2F)C1. The highest BCUT2D eigenvalue weighted by Gasteiger charge is 2.29. The number of benzene rings is 1. The first-order valence-electron chi connectivity index (χ1n) is 8.34. The minimum absolute atomic E-state index is 0.0811. The van der Waals surface area contributed by atoms with Crippen LogP contribution in [-0.2, 0) is 9.47 Å². The van der Waals surface area contributed by atoms with Gasteiger partial charge in [0.15, 0.2) is 5.78 Å². The third kappa shape index (κ3) is 5.74. The molecule has 1 heterocycles. The molecule has 1 aromatic carbocycles. The number of ketones is 1. The Kier molecular flexibility index (Phi) is 6.74.